The highest BCUT2D eigenvalue weighted by Gasteiger charge is 2.32. The summed E-state index contributed by atoms with van der Waals surface area (Å²) in [7, 11) is 1.70. The van der Waals surface area contributed by atoms with Gasteiger partial charge in [0.2, 0.25) is 0 Å². The lowest BCUT2D eigenvalue weighted by Crippen LogP contribution is -2.49. The molecule has 1 atom stereocenters. The molecule has 8 heteroatoms. The van der Waals surface area contributed by atoms with Crippen LogP contribution in [0.15, 0.2) is 65.3 Å². The van der Waals surface area contributed by atoms with E-state index in [9.17, 15) is 4.79 Å². The fourth-order valence-electron chi connectivity index (χ4n) is 4.39. The Morgan fingerprint density at radius 3 is 3.00 bits per heavy atom. The van der Waals surface area contributed by atoms with Crippen LogP contribution in [0.4, 0.5) is 0 Å². The lowest BCUT2D eigenvalue weighted by Gasteiger charge is -2.29. The SMILES string of the molecule is C=C/C(=C\C(=NC)c1cnn2ccc(-c3cccs3)nc12)C(=O)NC[C@]1(CCC)CCCN1. The third kappa shape index (κ3) is 4.96. The number of fused-ring (bicyclic) bond motifs is 1. The first-order valence-corrected chi connectivity index (χ1v) is 12.2. The highest BCUT2D eigenvalue weighted by Crippen LogP contribution is 2.25. The summed E-state index contributed by atoms with van der Waals surface area (Å²) in [5.74, 6) is -0.154. The Morgan fingerprint density at radius 1 is 1.45 bits per heavy atom. The minimum absolute atomic E-state index is 0.0110. The minimum atomic E-state index is -0.154. The molecule has 33 heavy (non-hydrogen) atoms. The molecule has 0 radical (unpaired) electrons. The van der Waals surface area contributed by atoms with Gasteiger partial charge in [0.25, 0.3) is 5.91 Å². The number of allylic oxidation sites excluding steroid dienone is 1. The lowest BCUT2D eigenvalue weighted by molar-refractivity contribution is -0.117. The van der Waals surface area contributed by atoms with Gasteiger partial charge in [0, 0.05) is 30.9 Å². The van der Waals surface area contributed by atoms with Crippen molar-refractivity contribution in [3.8, 4) is 10.6 Å². The second-order valence-electron chi connectivity index (χ2n) is 8.27. The number of hydrogen-bond donors (Lipinski definition) is 2. The number of nitrogens with zero attached hydrogens (tertiary/aromatic N) is 4. The van der Waals surface area contributed by atoms with E-state index in [0.29, 0.717) is 23.5 Å². The van der Waals surface area contributed by atoms with Gasteiger partial charge in [-0.3, -0.25) is 9.79 Å². The third-order valence-electron chi connectivity index (χ3n) is 6.08. The molecule has 0 aromatic carbocycles. The molecule has 1 saturated heterocycles. The molecule has 172 valence electrons. The number of amides is 1. The number of rotatable bonds is 9. The van der Waals surface area contributed by atoms with Gasteiger partial charge < -0.3 is 10.6 Å². The average Bonchev–Trinajstić information content (AvgIpc) is 3.60. The predicted octanol–water partition coefficient (Wildman–Crippen LogP) is 4.03. The van der Waals surface area contributed by atoms with E-state index in [4.69, 9.17) is 4.98 Å². The third-order valence-corrected chi connectivity index (χ3v) is 6.97. The van der Waals surface area contributed by atoms with Crippen molar-refractivity contribution < 1.29 is 4.79 Å². The van der Waals surface area contributed by atoms with E-state index < -0.39 is 0 Å². The summed E-state index contributed by atoms with van der Waals surface area (Å²) in [5.41, 5.74) is 3.43. The van der Waals surface area contributed by atoms with E-state index in [0.717, 1.165) is 48.4 Å². The van der Waals surface area contributed by atoms with Gasteiger partial charge in [-0.05, 0) is 49.4 Å². The number of hydrogen-bond acceptors (Lipinski definition) is 6. The molecule has 1 amide bonds. The van der Waals surface area contributed by atoms with Crippen molar-refractivity contribution in [2.24, 2.45) is 4.99 Å². The lowest BCUT2D eigenvalue weighted by atomic mass is 9.91. The van der Waals surface area contributed by atoms with Crippen molar-refractivity contribution in [1.82, 2.24) is 25.2 Å². The molecule has 3 aromatic heterocycles. The summed E-state index contributed by atoms with van der Waals surface area (Å²) in [6.07, 6.45) is 11.3. The molecule has 3 aromatic rings. The molecule has 4 rings (SSSR count). The van der Waals surface area contributed by atoms with Crippen LogP contribution in [-0.4, -0.2) is 51.9 Å². The van der Waals surface area contributed by atoms with Gasteiger partial charge in [0.1, 0.15) is 0 Å². The number of carbonyl (C=O) groups excluding carboxylic acids is 1. The van der Waals surface area contributed by atoms with Crippen LogP contribution in [0.5, 0.6) is 0 Å². The van der Waals surface area contributed by atoms with E-state index in [2.05, 4.69) is 34.2 Å². The van der Waals surface area contributed by atoms with Crippen LogP contribution in [-0.2, 0) is 4.79 Å². The van der Waals surface area contributed by atoms with E-state index >= 15 is 0 Å². The van der Waals surface area contributed by atoms with Crippen LogP contribution >= 0.6 is 11.3 Å². The number of nitrogens with one attached hydrogen (secondary N) is 2. The quantitative estimate of drug-likeness (QED) is 0.286. The summed E-state index contributed by atoms with van der Waals surface area (Å²) < 4.78 is 1.72. The molecule has 7 nitrogen and oxygen atoms in total. The first kappa shape index (κ1) is 23.1. The highest BCUT2D eigenvalue weighted by molar-refractivity contribution is 7.13. The molecular formula is C25H30N6OS. The summed E-state index contributed by atoms with van der Waals surface area (Å²) in [4.78, 5) is 23.3. The smallest absolute Gasteiger partial charge is 0.251 e. The molecule has 0 spiro atoms. The Kier molecular flexibility index (Phi) is 7.15. The van der Waals surface area contributed by atoms with Gasteiger partial charge in [0.05, 0.1) is 28.0 Å². The first-order valence-electron chi connectivity index (χ1n) is 11.3. The van der Waals surface area contributed by atoms with Crippen LogP contribution in [0.25, 0.3) is 16.2 Å². The molecule has 2 N–H and O–H groups in total. The van der Waals surface area contributed by atoms with Crippen molar-refractivity contribution in [3.63, 3.8) is 0 Å². The van der Waals surface area contributed by atoms with E-state index in [1.165, 1.54) is 0 Å². The van der Waals surface area contributed by atoms with Crippen molar-refractivity contribution >= 4 is 28.6 Å². The average molecular weight is 463 g/mol. The Balaban J connectivity index is 1.58. The fourth-order valence-corrected chi connectivity index (χ4v) is 5.09. The molecule has 4 heterocycles. The molecule has 0 bridgehead atoms. The Morgan fingerprint density at radius 2 is 2.33 bits per heavy atom. The van der Waals surface area contributed by atoms with Gasteiger partial charge in [-0.2, -0.15) is 5.10 Å². The Labute approximate surface area is 198 Å². The number of thiophene rings is 1. The zero-order valence-electron chi connectivity index (χ0n) is 19.2. The minimum Gasteiger partial charge on any atom is -0.350 e. The number of carbonyl (C=O) groups is 1. The summed E-state index contributed by atoms with van der Waals surface area (Å²) >= 11 is 1.64. The predicted molar refractivity (Wildman–Crippen MR) is 135 cm³/mol. The molecule has 0 aliphatic carbocycles. The number of aliphatic imine (C=N–C) groups is 1. The van der Waals surface area contributed by atoms with Gasteiger partial charge >= 0.3 is 0 Å². The standard InChI is InChI=1S/C25H30N6OS/c1-4-10-25(11-7-12-28-25)17-27-24(32)18(5-2)15-21(26-3)19-16-29-31-13-9-20(30-23(19)31)22-8-6-14-33-22/h5-6,8-9,13-16,28H,2,4,7,10-12,17H2,1,3H3,(H,27,32)/b18-15+,26-21?/t25-/m0/s1. The molecule has 0 unspecified atom stereocenters. The summed E-state index contributed by atoms with van der Waals surface area (Å²) in [6.45, 7) is 7.64. The van der Waals surface area contributed by atoms with Crippen LogP contribution in [0.3, 0.4) is 0 Å². The maximum atomic E-state index is 13.0. The first-order chi connectivity index (χ1) is 16.1. The van der Waals surface area contributed by atoms with E-state index in [-0.39, 0.29) is 11.4 Å². The van der Waals surface area contributed by atoms with Crippen LogP contribution in [0.2, 0.25) is 0 Å². The highest BCUT2D eigenvalue weighted by atomic mass is 32.1. The Bertz CT molecular complexity index is 1180. The summed E-state index contributed by atoms with van der Waals surface area (Å²) in [6, 6.07) is 5.99. The van der Waals surface area contributed by atoms with Gasteiger partial charge in [0.15, 0.2) is 5.65 Å². The second-order valence-corrected chi connectivity index (χ2v) is 9.22. The van der Waals surface area contributed by atoms with Gasteiger partial charge in [-0.1, -0.05) is 32.1 Å². The monoisotopic (exact) mass is 462 g/mol. The van der Waals surface area contributed by atoms with Gasteiger partial charge in [-0.15, -0.1) is 11.3 Å². The van der Waals surface area contributed by atoms with Crippen LogP contribution in [0, 0.1) is 0 Å². The molecular weight excluding hydrogens is 432 g/mol. The van der Waals surface area contributed by atoms with Crippen LogP contribution < -0.4 is 10.6 Å². The van der Waals surface area contributed by atoms with Crippen molar-refractivity contribution in [3.05, 3.63) is 65.8 Å². The summed E-state index contributed by atoms with van der Waals surface area (Å²) in [5, 5.41) is 13.1. The zero-order chi connectivity index (χ0) is 23.3. The molecule has 1 aliphatic rings. The van der Waals surface area contributed by atoms with Crippen LogP contribution in [0.1, 0.15) is 38.2 Å². The largest absolute Gasteiger partial charge is 0.350 e. The topological polar surface area (TPSA) is 83.7 Å². The Hall–Kier alpha value is -3.10. The molecule has 0 saturated carbocycles. The molecule has 1 aliphatic heterocycles. The van der Waals surface area contributed by atoms with E-state index in [1.807, 2.05) is 29.8 Å². The van der Waals surface area contributed by atoms with Crippen molar-refractivity contribution in [2.45, 2.75) is 38.1 Å². The maximum absolute atomic E-state index is 13.0. The maximum Gasteiger partial charge on any atom is 0.251 e. The van der Waals surface area contributed by atoms with Crippen molar-refractivity contribution in [1.29, 1.82) is 0 Å². The van der Waals surface area contributed by atoms with E-state index in [1.54, 1.807) is 41.2 Å². The molecule has 1 fully saturated rings. The van der Waals surface area contributed by atoms with Gasteiger partial charge in [-0.25, -0.2) is 9.50 Å². The fraction of sp³-hybridized carbons (Fsp3) is 0.360. The zero-order valence-corrected chi connectivity index (χ0v) is 20.0. The normalized spacial score (nSPS) is 19.2. The second kappa shape index (κ2) is 10.2. The van der Waals surface area contributed by atoms with Crippen molar-refractivity contribution in [2.75, 3.05) is 20.1 Å². The number of aromatic nitrogens is 3.